The van der Waals surface area contributed by atoms with Gasteiger partial charge in [-0.25, -0.2) is 0 Å². The number of carbonyl (C=O) groups excluding carboxylic acids is 1. The monoisotopic (exact) mass is 309 g/mol. The molecule has 1 aromatic rings. The molecule has 3 rings (SSSR count). The van der Waals surface area contributed by atoms with E-state index in [2.05, 4.69) is 5.32 Å². The number of carbonyl (C=O) groups is 1. The van der Waals surface area contributed by atoms with Crippen LogP contribution in [0.3, 0.4) is 0 Å². The number of hydrogen-bond donors (Lipinski definition) is 1. The van der Waals surface area contributed by atoms with Crippen molar-refractivity contribution in [1.82, 2.24) is 10.2 Å². The van der Waals surface area contributed by atoms with E-state index in [4.69, 9.17) is 11.6 Å². The van der Waals surface area contributed by atoms with Crippen LogP contribution in [0.25, 0.3) is 0 Å². The van der Waals surface area contributed by atoms with Gasteiger partial charge in [0, 0.05) is 38.3 Å². The molecule has 112 valence electrons. The molecule has 2 aliphatic rings. The summed E-state index contributed by atoms with van der Waals surface area (Å²) in [5.74, 6) is 1.16. The number of non-ortho nitro benzene ring substituents is 1. The van der Waals surface area contributed by atoms with Crippen molar-refractivity contribution in [3.8, 4) is 0 Å². The minimum atomic E-state index is -0.494. The third-order valence-corrected chi connectivity index (χ3v) is 4.68. The van der Waals surface area contributed by atoms with Crippen molar-refractivity contribution in [3.05, 3.63) is 38.9 Å². The molecule has 2 atom stereocenters. The molecule has 1 N–H and O–H groups in total. The normalized spacial score (nSPS) is 24.1. The van der Waals surface area contributed by atoms with Crippen molar-refractivity contribution < 1.29 is 9.72 Å². The summed E-state index contributed by atoms with van der Waals surface area (Å²) in [6.07, 6.45) is 0.198. The zero-order valence-corrected chi connectivity index (χ0v) is 12.2. The van der Waals surface area contributed by atoms with Crippen molar-refractivity contribution >= 4 is 23.2 Å². The average molecular weight is 310 g/mol. The Kier molecular flexibility index (Phi) is 3.82. The summed E-state index contributed by atoms with van der Waals surface area (Å²) >= 11 is 6.03. The number of nitrogens with zero attached hydrogens (tertiary/aromatic N) is 2. The smallest absolute Gasteiger partial charge is 0.270 e. The standard InChI is InChI=1S/C14H16ClN3O3/c15-13-4-12(18(20)21)2-1-9(13)3-14(19)17-7-10-5-16-6-11(10)8-17/h1-2,4,10-11,16H,3,5-8H2/t10-,11+. The Balaban J connectivity index is 1.66. The lowest BCUT2D eigenvalue weighted by Crippen LogP contribution is -2.33. The molecule has 1 aromatic carbocycles. The maximum atomic E-state index is 12.3. The van der Waals surface area contributed by atoms with Crippen LogP contribution in [0.1, 0.15) is 5.56 Å². The highest BCUT2D eigenvalue weighted by Gasteiger charge is 2.37. The van der Waals surface area contributed by atoms with E-state index in [-0.39, 0.29) is 23.0 Å². The second-order valence-electron chi connectivity index (χ2n) is 5.69. The van der Waals surface area contributed by atoms with Gasteiger partial charge in [-0.1, -0.05) is 17.7 Å². The number of hydrogen-bond acceptors (Lipinski definition) is 4. The quantitative estimate of drug-likeness (QED) is 0.677. The van der Waals surface area contributed by atoms with Gasteiger partial charge in [0.2, 0.25) is 5.91 Å². The lowest BCUT2D eigenvalue weighted by Gasteiger charge is -2.17. The van der Waals surface area contributed by atoms with Crippen molar-refractivity contribution in [2.45, 2.75) is 6.42 Å². The van der Waals surface area contributed by atoms with Crippen LogP contribution in [0.5, 0.6) is 0 Å². The molecule has 2 fully saturated rings. The summed E-state index contributed by atoms with van der Waals surface area (Å²) in [5, 5.41) is 14.3. The molecule has 0 unspecified atom stereocenters. The van der Waals surface area contributed by atoms with Gasteiger partial charge in [0.05, 0.1) is 16.4 Å². The number of halogens is 1. The first-order valence-corrected chi connectivity index (χ1v) is 7.33. The highest BCUT2D eigenvalue weighted by Crippen LogP contribution is 2.28. The number of fused-ring (bicyclic) bond motifs is 1. The van der Waals surface area contributed by atoms with E-state index >= 15 is 0 Å². The number of nitrogens with one attached hydrogen (secondary N) is 1. The number of nitro benzene ring substituents is 1. The van der Waals surface area contributed by atoms with Crippen LogP contribution in [0, 0.1) is 22.0 Å². The molecular formula is C14H16ClN3O3. The molecule has 2 aliphatic heterocycles. The summed E-state index contributed by atoms with van der Waals surface area (Å²) in [5.41, 5.74) is 0.584. The fraction of sp³-hybridized carbons (Fsp3) is 0.500. The van der Waals surface area contributed by atoms with Gasteiger partial charge in [0.25, 0.3) is 5.69 Å². The zero-order valence-electron chi connectivity index (χ0n) is 11.4. The van der Waals surface area contributed by atoms with Crippen LogP contribution < -0.4 is 5.32 Å². The number of amides is 1. The lowest BCUT2D eigenvalue weighted by atomic mass is 10.0. The van der Waals surface area contributed by atoms with Gasteiger partial charge in [0.1, 0.15) is 0 Å². The molecular weight excluding hydrogens is 294 g/mol. The summed E-state index contributed by atoms with van der Waals surface area (Å²) in [6.45, 7) is 3.54. The molecule has 6 nitrogen and oxygen atoms in total. The molecule has 0 bridgehead atoms. The number of rotatable bonds is 3. The minimum absolute atomic E-state index is 0.0418. The number of benzene rings is 1. The molecule has 21 heavy (non-hydrogen) atoms. The van der Waals surface area contributed by atoms with Crippen molar-refractivity contribution in [3.63, 3.8) is 0 Å². The molecule has 0 radical (unpaired) electrons. The maximum Gasteiger partial charge on any atom is 0.270 e. The van der Waals surface area contributed by atoms with Gasteiger partial charge >= 0.3 is 0 Å². The number of nitro groups is 1. The van der Waals surface area contributed by atoms with E-state index in [1.54, 1.807) is 6.07 Å². The first-order chi connectivity index (χ1) is 10.0. The van der Waals surface area contributed by atoms with Crippen molar-refractivity contribution in [2.75, 3.05) is 26.2 Å². The second kappa shape index (κ2) is 5.61. The van der Waals surface area contributed by atoms with Gasteiger partial charge in [-0.05, 0) is 17.4 Å². The average Bonchev–Trinajstić information content (AvgIpc) is 3.01. The Labute approximate surface area is 127 Å². The Morgan fingerprint density at radius 2 is 2.05 bits per heavy atom. The first kappa shape index (κ1) is 14.3. The minimum Gasteiger partial charge on any atom is -0.342 e. The van der Waals surface area contributed by atoms with Crippen molar-refractivity contribution in [1.29, 1.82) is 0 Å². The molecule has 2 saturated heterocycles. The summed E-state index contributed by atoms with van der Waals surface area (Å²) in [6, 6.07) is 4.25. The lowest BCUT2D eigenvalue weighted by molar-refractivity contribution is -0.384. The van der Waals surface area contributed by atoms with Gasteiger partial charge in [-0.15, -0.1) is 0 Å². The largest absolute Gasteiger partial charge is 0.342 e. The highest BCUT2D eigenvalue weighted by atomic mass is 35.5. The van der Waals surface area contributed by atoms with Gasteiger partial charge < -0.3 is 10.2 Å². The first-order valence-electron chi connectivity index (χ1n) is 6.96. The van der Waals surface area contributed by atoms with Crippen LogP contribution in [0.2, 0.25) is 5.02 Å². The topological polar surface area (TPSA) is 75.5 Å². The van der Waals surface area contributed by atoms with E-state index in [0.717, 1.165) is 26.2 Å². The Morgan fingerprint density at radius 3 is 2.62 bits per heavy atom. The molecule has 0 saturated carbocycles. The molecule has 0 spiro atoms. The molecule has 2 heterocycles. The molecule has 7 heteroatoms. The predicted molar refractivity (Wildman–Crippen MR) is 78.2 cm³/mol. The zero-order chi connectivity index (χ0) is 15.0. The predicted octanol–water partition coefficient (Wildman–Crippen LogP) is 1.47. The third kappa shape index (κ3) is 2.87. The second-order valence-corrected chi connectivity index (χ2v) is 6.09. The summed E-state index contributed by atoms with van der Waals surface area (Å²) < 4.78 is 0. The van der Waals surface area contributed by atoms with Gasteiger partial charge in [0.15, 0.2) is 0 Å². The van der Waals surface area contributed by atoms with Crippen molar-refractivity contribution in [2.24, 2.45) is 11.8 Å². The molecule has 1 amide bonds. The molecule has 0 aliphatic carbocycles. The fourth-order valence-corrected chi connectivity index (χ4v) is 3.37. The van der Waals surface area contributed by atoms with Crippen LogP contribution >= 0.6 is 11.6 Å². The van der Waals surface area contributed by atoms with E-state index < -0.39 is 4.92 Å². The van der Waals surface area contributed by atoms with E-state index in [9.17, 15) is 14.9 Å². The SMILES string of the molecule is O=C(Cc1ccc([N+](=O)[O-])cc1Cl)N1C[C@H]2CNC[C@H]2C1. The summed E-state index contributed by atoms with van der Waals surface area (Å²) in [4.78, 5) is 24.4. The summed E-state index contributed by atoms with van der Waals surface area (Å²) in [7, 11) is 0. The van der Waals surface area contributed by atoms with Crippen LogP contribution in [0.4, 0.5) is 5.69 Å². The van der Waals surface area contributed by atoms with Crippen LogP contribution in [-0.2, 0) is 11.2 Å². The van der Waals surface area contributed by atoms with Gasteiger partial charge in [-0.2, -0.15) is 0 Å². The van der Waals surface area contributed by atoms with Gasteiger partial charge in [-0.3, -0.25) is 14.9 Å². The Hall–Kier alpha value is -1.66. The maximum absolute atomic E-state index is 12.3. The van der Waals surface area contributed by atoms with Crippen LogP contribution in [-0.4, -0.2) is 41.9 Å². The van der Waals surface area contributed by atoms with E-state index in [1.165, 1.54) is 12.1 Å². The van der Waals surface area contributed by atoms with E-state index in [0.29, 0.717) is 17.4 Å². The van der Waals surface area contributed by atoms with E-state index in [1.807, 2.05) is 4.90 Å². The Bertz CT molecular complexity index is 581. The fourth-order valence-electron chi connectivity index (χ4n) is 3.13. The van der Waals surface area contributed by atoms with Crippen LogP contribution in [0.15, 0.2) is 18.2 Å². The molecule has 0 aromatic heterocycles. The highest BCUT2D eigenvalue weighted by molar-refractivity contribution is 6.31. The number of likely N-dealkylation sites (tertiary alicyclic amines) is 1. The Morgan fingerprint density at radius 1 is 1.38 bits per heavy atom. The third-order valence-electron chi connectivity index (χ3n) is 4.33.